The Bertz CT molecular complexity index is 708. The number of sulfone groups is 1. The van der Waals surface area contributed by atoms with Gasteiger partial charge in [0.05, 0.1) is 6.10 Å². The van der Waals surface area contributed by atoms with E-state index in [1.807, 2.05) is 0 Å². The standard InChI is InChI=1S/C11H19NO7S3/c1-7(18-6-19-8(2)17-3)9-5-10(22(12,15)16)20-11(9)21(4,13)14/h5,7-8H,6H2,1-4H3,(H2,12,15,16). The topological polar surface area (TPSA) is 122 Å². The number of thiophene rings is 1. The Hall–Kier alpha value is -0.560. The van der Waals surface area contributed by atoms with Gasteiger partial charge in [-0.25, -0.2) is 22.0 Å². The molecular weight excluding hydrogens is 354 g/mol. The first-order chi connectivity index (χ1) is 9.96. The maximum atomic E-state index is 11.8. The van der Waals surface area contributed by atoms with Gasteiger partial charge in [0.25, 0.3) is 0 Å². The fourth-order valence-electron chi connectivity index (χ4n) is 1.47. The molecule has 2 unspecified atom stereocenters. The molecule has 0 aliphatic carbocycles. The van der Waals surface area contributed by atoms with Crippen molar-refractivity contribution in [3.8, 4) is 0 Å². The largest absolute Gasteiger partial charge is 0.356 e. The van der Waals surface area contributed by atoms with E-state index in [0.29, 0.717) is 11.3 Å². The lowest BCUT2D eigenvalue weighted by Gasteiger charge is -2.16. The predicted molar refractivity (Wildman–Crippen MR) is 80.7 cm³/mol. The summed E-state index contributed by atoms with van der Waals surface area (Å²) in [6.45, 7) is 3.12. The summed E-state index contributed by atoms with van der Waals surface area (Å²) >= 11 is 0.600. The van der Waals surface area contributed by atoms with Crippen LogP contribution in [0, 0.1) is 0 Å². The summed E-state index contributed by atoms with van der Waals surface area (Å²) in [4.78, 5) is 0. The molecule has 0 saturated heterocycles. The number of nitrogens with two attached hydrogens (primary N) is 1. The zero-order valence-electron chi connectivity index (χ0n) is 12.6. The van der Waals surface area contributed by atoms with E-state index in [1.54, 1.807) is 13.8 Å². The number of rotatable bonds is 8. The van der Waals surface area contributed by atoms with Crippen molar-refractivity contribution < 1.29 is 31.0 Å². The Morgan fingerprint density at radius 1 is 1.23 bits per heavy atom. The third-order valence-corrected chi connectivity index (χ3v) is 7.14. The Kier molecular flexibility index (Phi) is 6.50. The molecule has 0 radical (unpaired) electrons. The van der Waals surface area contributed by atoms with Crippen LogP contribution in [0.4, 0.5) is 0 Å². The van der Waals surface area contributed by atoms with Crippen molar-refractivity contribution in [3.05, 3.63) is 11.6 Å². The van der Waals surface area contributed by atoms with Gasteiger partial charge in [-0.3, -0.25) is 0 Å². The molecule has 2 N–H and O–H groups in total. The van der Waals surface area contributed by atoms with Gasteiger partial charge in [-0.1, -0.05) is 0 Å². The molecule has 0 aliphatic heterocycles. The van der Waals surface area contributed by atoms with E-state index >= 15 is 0 Å². The molecule has 0 aliphatic rings. The molecule has 0 bridgehead atoms. The van der Waals surface area contributed by atoms with E-state index in [4.69, 9.17) is 19.3 Å². The van der Waals surface area contributed by atoms with E-state index in [-0.39, 0.29) is 20.8 Å². The quantitative estimate of drug-likeness (QED) is 0.670. The van der Waals surface area contributed by atoms with Crippen LogP contribution in [0.15, 0.2) is 14.5 Å². The summed E-state index contributed by atoms with van der Waals surface area (Å²) in [6, 6.07) is 1.21. The first-order valence-electron chi connectivity index (χ1n) is 6.09. The van der Waals surface area contributed by atoms with E-state index < -0.39 is 32.3 Å². The Morgan fingerprint density at radius 2 is 1.82 bits per heavy atom. The normalized spacial score (nSPS) is 15.7. The van der Waals surface area contributed by atoms with Gasteiger partial charge in [0.2, 0.25) is 10.0 Å². The van der Waals surface area contributed by atoms with E-state index in [9.17, 15) is 16.8 Å². The molecule has 0 saturated carbocycles. The van der Waals surface area contributed by atoms with Gasteiger partial charge in [0, 0.05) is 18.9 Å². The molecular formula is C11H19NO7S3. The average Bonchev–Trinajstić information content (AvgIpc) is 2.83. The highest BCUT2D eigenvalue weighted by Gasteiger charge is 2.26. The summed E-state index contributed by atoms with van der Waals surface area (Å²) in [6.07, 6.45) is -0.185. The lowest BCUT2D eigenvalue weighted by molar-refractivity contribution is -0.187. The highest BCUT2D eigenvalue weighted by atomic mass is 32.3. The molecule has 1 aromatic heterocycles. The minimum absolute atomic E-state index is 0.0937. The van der Waals surface area contributed by atoms with Crippen LogP contribution in [0.5, 0.6) is 0 Å². The Morgan fingerprint density at radius 3 is 2.27 bits per heavy atom. The van der Waals surface area contributed by atoms with Crippen molar-refractivity contribution in [2.75, 3.05) is 20.2 Å². The zero-order valence-corrected chi connectivity index (χ0v) is 15.0. The van der Waals surface area contributed by atoms with Crippen LogP contribution in [-0.4, -0.2) is 43.3 Å². The van der Waals surface area contributed by atoms with Gasteiger partial charge in [-0.15, -0.1) is 11.3 Å². The second kappa shape index (κ2) is 7.34. The molecule has 1 aromatic rings. The number of hydrogen-bond donors (Lipinski definition) is 1. The van der Waals surface area contributed by atoms with Gasteiger partial charge in [0.1, 0.15) is 8.42 Å². The van der Waals surface area contributed by atoms with Crippen LogP contribution in [0.1, 0.15) is 25.5 Å². The van der Waals surface area contributed by atoms with Gasteiger partial charge in [-0.2, -0.15) is 0 Å². The lowest BCUT2D eigenvalue weighted by Crippen LogP contribution is -2.14. The third kappa shape index (κ3) is 5.26. The van der Waals surface area contributed by atoms with Crippen LogP contribution in [-0.2, 0) is 34.1 Å². The van der Waals surface area contributed by atoms with E-state index in [0.717, 1.165) is 6.26 Å². The number of methoxy groups -OCH3 is 1. The predicted octanol–water partition coefficient (Wildman–Crippen LogP) is 0.843. The summed E-state index contributed by atoms with van der Waals surface area (Å²) in [7, 11) is -6.13. The molecule has 1 rings (SSSR count). The van der Waals surface area contributed by atoms with Gasteiger partial charge >= 0.3 is 0 Å². The zero-order chi connectivity index (χ0) is 17.1. The van der Waals surface area contributed by atoms with Crippen LogP contribution in [0.3, 0.4) is 0 Å². The molecule has 22 heavy (non-hydrogen) atoms. The van der Waals surface area contributed by atoms with Crippen molar-refractivity contribution in [3.63, 3.8) is 0 Å². The molecule has 0 aromatic carbocycles. The second-order valence-corrected chi connectivity index (χ2v) is 9.57. The highest BCUT2D eigenvalue weighted by molar-refractivity contribution is 7.94. The number of ether oxygens (including phenoxy) is 3. The fraction of sp³-hybridized carbons (Fsp3) is 0.636. The first kappa shape index (κ1) is 19.5. The molecule has 11 heteroatoms. The summed E-state index contributed by atoms with van der Waals surface area (Å²) < 4.78 is 61.5. The molecule has 0 amide bonds. The van der Waals surface area contributed by atoms with Gasteiger partial charge in [-0.05, 0) is 19.9 Å². The Labute approximate surface area is 134 Å². The maximum absolute atomic E-state index is 11.8. The van der Waals surface area contributed by atoms with Gasteiger partial charge < -0.3 is 14.2 Å². The molecule has 8 nitrogen and oxygen atoms in total. The average molecular weight is 373 g/mol. The van der Waals surface area contributed by atoms with Crippen molar-refractivity contribution >= 4 is 31.2 Å². The van der Waals surface area contributed by atoms with Crippen LogP contribution < -0.4 is 5.14 Å². The molecule has 0 fully saturated rings. The molecule has 0 spiro atoms. The minimum Gasteiger partial charge on any atom is -0.356 e. The number of primary sulfonamides is 1. The number of hydrogen-bond acceptors (Lipinski definition) is 8. The second-order valence-electron chi connectivity index (χ2n) is 4.52. The SMILES string of the molecule is COC(C)OCOC(C)c1cc(S(N)(=O)=O)sc1S(C)(=O)=O. The fourth-order valence-corrected chi connectivity index (χ4v) is 4.88. The Balaban J connectivity index is 3.04. The lowest BCUT2D eigenvalue weighted by atomic mass is 10.2. The third-order valence-electron chi connectivity index (χ3n) is 2.71. The van der Waals surface area contributed by atoms with Crippen molar-refractivity contribution in [1.29, 1.82) is 0 Å². The van der Waals surface area contributed by atoms with Crippen LogP contribution in [0.2, 0.25) is 0 Å². The minimum atomic E-state index is -3.99. The summed E-state index contributed by atoms with van der Waals surface area (Å²) in [5.74, 6) is 0. The van der Waals surface area contributed by atoms with Crippen LogP contribution in [0.25, 0.3) is 0 Å². The highest BCUT2D eigenvalue weighted by Crippen LogP contribution is 2.35. The van der Waals surface area contributed by atoms with Gasteiger partial charge in [0.15, 0.2) is 22.9 Å². The van der Waals surface area contributed by atoms with E-state index in [2.05, 4.69) is 0 Å². The summed E-state index contributed by atoms with van der Waals surface area (Å²) in [5.41, 5.74) is 0.227. The van der Waals surface area contributed by atoms with E-state index in [1.165, 1.54) is 13.2 Å². The molecule has 1 heterocycles. The van der Waals surface area contributed by atoms with Crippen LogP contribution >= 0.6 is 11.3 Å². The first-order valence-corrected chi connectivity index (χ1v) is 10.3. The molecule has 2 atom stereocenters. The smallest absolute Gasteiger partial charge is 0.247 e. The molecule has 128 valence electrons. The van der Waals surface area contributed by atoms with Crippen molar-refractivity contribution in [2.45, 2.75) is 34.7 Å². The maximum Gasteiger partial charge on any atom is 0.247 e. The van der Waals surface area contributed by atoms with Crippen molar-refractivity contribution in [1.82, 2.24) is 0 Å². The number of sulfonamides is 1. The monoisotopic (exact) mass is 373 g/mol. The summed E-state index contributed by atoms with van der Waals surface area (Å²) in [5, 5.41) is 5.05. The van der Waals surface area contributed by atoms with Crippen molar-refractivity contribution in [2.24, 2.45) is 5.14 Å².